The minimum absolute atomic E-state index is 0.287. The first-order valence-electron chi connectivity index (χ1n) is 4.90. The van der Waals surface area contributed by atoms with Crippen LogP contribution in [-0.2, 0) is 0 Å². The molecule has 0 fully saturated rings. The van der Waals surface area contributed by atoms with Gasteiger partial charge in [0.25, 0.3) is 0 Å². The van der Waals surface area contributed by atoms with Crippen LogP contribution in [0.5, 0.6) is 0 Å². The van der Waals surface area contributed by atoms with Crippen LogP contribution in [-0.4, -0.2) is 30.2 Å². The van der Waals surface area contributed by atoms with Gasteiger partial charge >= 0.3 is 5.97 Å². The summed E-state index contributed by atoms with van der Waals surface area (Å²) in [5, 5.41) is 9.69. The zero-order valence-electron chi connectivity index (χ0n) is 9.14. The lowest BCUT2D eigenvalue weighted by Gasteiger charge is -2.12. The molecule has 1 N–H and O–H groups in total. The van der Waals surface area contributed by atoms with Gasteiger partial charge in [-0.25, -0.2) is 9.78 Å². The SMILES string of the molecule is CN(C)c1ccc2c(C(=O)O)cccc2n1. The van der Waals surface area contributed by atoms with Crippen molar-refractivity contribution in [3.05, 3.63) is 35.9 Å². The van der Waals surface area contributed by atoms with Gasteiger partial charge < -0.3 is 10.0 Å². The largest absolute Gasteiger partial charge is 0.478 e. The van der Waals surface area contributed by atoms with Gasteiger partial charge in [-0.05, 0) is 24.3 Å². The second-order valence-corrected chi connectivity index (χ2v) is 3.74. The molecule has 0 aliphatic heterocycles. The minimum Gasteiger partial charge on any atom is -0.478 e. The van der Waals surface area contributed by atoms with Crippen LogP contribution in [0.15, 0.2) is 30.3 Å². The normalized spacial score (nSPS) is 10.4. The van der Waals surface area contributed by atoms with Crippen LogP contribution >= 0.6 is 0 Å². The van der Waals surface area contributed by atoms with E-state index < -0.39 is 5.97 Å². The predicted octanol–water partition coefficient (Wildman–Crippen LogP) is 2.00. The number of aromatic nitrogens is 1. The van der Waals surface area contributed by atoms with Crippen molar-refractivity contribution in [3.8, 4) is 0 Å². The molecule has 0 saturated carbocycles. The number of carboxylic acids is 1. The molecule has 4 nitrogen and oxygen atoms in total. The number of anilines is 1. The van der Waals surface area contributed by atoms with Crippen LogP contribution < -0.4 is 4.90 Å². The molecule has 1 heterocycles. The van der Waals surface area contributed by atoms with Crippen LogP contribution in [0.25, 0.3) is 10.9 Å². The molecule has 2 aromatic rings. The Kier molecular flexibility index (Phi) is 2.48. The van der Waals surface area contributed by atoms with Gasteiger partial charge in [-0.1, -0.05) is 6.07 Å². The first-order valence-corrected chi connectivity index (χ1v) is 4.90. The Hall–Kier alpha value is -2.10. The van der Waals surface area contributed by atoms with Crippen LogP contribution in [0, 0.1) is 0 Å². The average molecular weight is 216 g/mol. The fourth-order valence-corrected chi connectivity index (χ4v) is 1.58. The van der Waals surface area contributed by atoms with Gasteiger partial charge in [0.2, 0.25) is 0 Å². The zero-order chi connectivity index (χ0) is 11.7. The highest BCUT2D eigenvalue weighted by atomic mass is 16.4. The smallest absolute Gasteiger partial charge is 0.336 e. The third kappa shape index (κ3) is 1.69. The van der Waals surface area contributed by atoms with Crippen molar-refractivity contribution in [1.82, 2.24) is 4.98 Å². The summed E-state index contributed by atoms with van der Waals surface area (Å²) in [4.78, 5) is 17.3. The van der Waals surface area contributed by atoms with E-state index in [2.05, 4.69) is 4.98 Å². The van der Waals surface area contributed by atoms with Crippen LogP contribution in [0.2, 0.25) is 0 Å². The second-order valence-electron chi connectivity index (χ2n) is 3.74. The topological polar surface area (TPSA) is 53.4 Å². The fraction of sp³-hybridized carbons (Fsp3) is 0.167. The first kappa shape index (κ1) is 10.4. The van der Waals surface area contributed by atoms with Crippen molar-refractivity contribution >= 4 is 22.7 Å². The number of aromatic carboxylic acids is 1. The predicted molar refractivity (Wildman–Crippen MR) is 63.0 cm³/mol. The molecule has 0 radical (unpaired) electrons. The monoisotopic (exact) mass is 216 g/mol. The standard InChI is InChI=1S/C12H12N2O2/c1-14(2)11-7-6-8-9(12(15)16)4-3-5-10(8)13-11/h3-7H,1-2H3,(H,15,16). The van der Waals surface area contributed by atoms with E-state index in [-0.39, 0.29) is 5.56 Å². The molecule has 0 bridgehead atoms. The third-order valence-corrected chi connectivity index (χ3v) is 2.41. The number of nitrogens with zero attached hydrogens (tertiary/aromatic N) is 2. The molecule has 2 rings (SSSR count). The molecule has 0 spiro atoms. The summed E-state index contributed by atoms with van der Waals surface area (Å²) in [6, 6.07) is 8.71. The number of carbonyl (C=O) groups is 1. The van der Waals surface area contributed by atoms with Gasteiger partial charge in [0.05, 0.1) is 11.1 Å². The van der Waals surface area contributed by atoms with Crippen molar-refractivity contribution in [1.29, 1.82) is 0 Å². The van der Waals surface area contributed by atoms with E-state index >= 15 is 0 Å². The van der Waals surface area contributed by atoms with Crippen molar-refractivity contribution < 1.29 is 9.90 Å². The highest BCUT2D eigenvalue weighted by molar-refractivity contribution is 6.02. The van der Waals surface area contributed by atoms with E-state index in [0.29, 0.717) is 10.9 Å². The lowest BCUT2D eigenvalue weighted by molar-refractivity contribution is 0.0699. The molecule has 16 heavy (non-hydrogen) atoms. The van der Waals surface area contributed by atoms with Crippen molar-refractivity contribution in [3.63, 3.8) is 0 Å². The molecule has 0 aliphatic carbocycles. The van der Waals surface area contributed by atoms with E-state index in [9.17, 15) is 4.79 Å². The summed E-state index contributed by atoms with van der Waals surface area (Å²) in [6.07, 6.45) is 0. The highest BCUT2D eigenvalue weighted by Gasteiger charge is 2.09. The number of pyridine rings is 1. The molecule has 82 valence electrons. The quantitative estimate of drug-likeness (QED) is 0.834. The molecule has 0 aliphatic rings. The molecular weight excluding hydrogens is 204 g/mol. The number of carboxylic acid groups (broad SMARTS) is 1. The van der Waals surface area contributed by atoms with Crippen molar-refractivity contribution in [2.24, 2.45) is 0 Å². The van der Waals surface area contributed by atoms with Gasteiger partial charge in [-0.2, -0.15) is 0 Å². The summed E-state index contributed by atoms with van der Waals surface area (Å²) >= 11 is 0. The number of fused-ring (bicyclic) bond motifs is 1. The summed E-state index contributed by atoms with van der Waals surface area (Å²) in [7, 11) is 3.80. The Labute approximate surface area is 93.1 Å². The average Bonchev–Trinajstić information content (AvgIpc) is 2.27. The Morgan fingerprint density at radius 1 is 1.25 bits per heavy atom. The maximum absolute atomic E-state index is 11.0. The molecule has 0 amide bonds. The Morgan fingerprint density at radius 2 is 2.00 bits per heavy atom. The fourth-order valence-electron chi connectivity index (χ4n) is 1.58. The van der Waals surface area contributed by atoms with E-state index in [1.165, 1.54) is 0 Å². The highest BCUT2D eigenvalue weighted by Crippen LogP contribution is 2.20. The number of rotatable bonds is 2. The molecule has 0 unspecified atom stereocenters. The third-order valence-electron chi connectivity index (χ3n) is 2.41. The van der Waals surface area contributed by atoms with E-state index in [1.54, 1.807) is 18.2 Å². The molecule has 0 saturated heterocycles. The van der Waals surface area contributed by atoms with Gasteiger partial charge in [0.15, 0.2) is 0 Å². The van der Waals surface area contributed by atoms with E-state index in [1.807, 2.05) is 31.1 Å². The van der Waals surface area contributed by atoms with Crippen LogP contribution in [0.1, 0.15) is 10.4 Å². The lowest BCUT2D eigenvalue weighted by Crippen LogP contribution is -2.10. The van der Waals surface area contributed by atoms with E-state index in [0.717, 1.165) is 5.82 Å². The lowest BCUT2D eigenvalue weighted by atomic mass is 10.1. The van der Waals surface area contributed by atoms with Gasteiger partial charge in [0, 0.05) is 19.5 Å². The van der Waals surface area contributed by atoms with Crippen molar-refractivity contribution in [2.75, 3.05) is 19.0 Å². The summed E-state index contributed by atoms with van der Waals surface area (Å²) < 4.78 is 0. The first-order chi connectivity index (χ1) is 7.59. The summed E-state index contributed by atoms with van der Waals surface area (Å²) in [5.74, 6) is -0.111. The maximum atomic E-state index is 11.0. The molecule has 1 aromatic carbocycles. The van der Waals surface area contributed by atoms with Crippen LogP contribution in [0.4, 0.5) is 5.82 Å². The summed E-state index contributed by atoms with van der Waals surface area (Å²) in [6.45, 7) is 0. The molecular formula is C12H12N2O2. The molecule has 0 atom stereocenters. The van der Waals surface area contributed by atoms with E-state index in [4.69, 9.17) is 5.11 Å². The number of benzene rings is 1. The minimum atomic E-state index is -0.926. The van der Waals surface area contributed by atoms with Gasteiger partial charge in [0.1, 0.15) is 5.82 Å². The van der Waals surface area contributed by atoms with Gasteiger partial charge in [-0.15, -0.1) is 0 Å². The Balaban J connectivity index is 2.69. The zero-order valence-corrected chi connectivity index (χ0v) is 9.14. The van der Waals surface area contributed by atoms with Crippen LogP contribution in [0.3, 0.4) is 0 Å². The molecule has 4 heteroatoms. The number of hydrogen-bond donors (Lipinski definition) is 1. The van der Waals surface area contributed by atoms with Crippen molar-refractivity contribution in [2.45, 2.75) is 0 Å². The van der Waals surface area contributed by atoms with Gasteiger partial charge in [-0.3, -0.25) is 0 Å². The molecule has 1 aromatic heterocycles. The Morgan fingerprint density at radius 3 is 2.62 bits per heavy atom. The second kappa shape index (κ2) is 3.81. The maximum Gasteiger partial charge on any atom is 0.336 e. The Bertz CT molecular complexity index is 550. The number of hydrogen-bond acceptors (Lipinski definition) is 3. The summed E-state index contributed by atoms with van der Waals surface area (Å²) in [5.41, 5.74) is 0.987.